The van der Waals surface area contributed by atoms with Gasteiger partial charge in [0.05, 0.1) is 0 Å². The average molecular weight is 159 g/mol. The van der Waals surface area contributed by atoms with Gasteiger partial charge in [0.2, 0.25) is 0 Å². The van der Waals surface area contributed by atoms with Gasteiger partial charge in [-0.3, -0.25) is 4.90 Å². The second-order valence-corrected chi connectivity index (χ2v) is 2.95. The predicted molar refractivity (Wildman–Crippen MR) is 48.4 cm³/mol. The highest BCUT2D eigenvalue weighted by Gasteiger charge is 2.23. The third-order valence-electron chi connectivity index (χ3n) is 1.92. The molecule has 0 bridgehead atoms. The molecule has 0 aliphatic carbocycles. The van der Waals surface area contributed by atoms with E-state index in [2.05, 4.69) is 18.7 Å². The van der Waals surface area contributed by atoms with Gasteiger partial charge in [0, 0.05) is 12.6 Å². The van der Waals surface area contributed by atoms with Crippen LogP contribution < -0.4 is 0 Å². The molecule has 0 saturated carbocycles. The van der Waals surface area contributed by atoms with Gasteiger partial charge in [0.25, 0.3) is 0 Å². The summed E-state index contributed by atoms with van der Waals surface area (Å²) >= 11 is 0. The lowest BCUT2D eigenvalue weighted by molar-refractivity contribution is 0.0182. The number of nitrogens with zero attached hydrogens (tertiary/aromatic N) is 1. The first-order chi connectivity index (χ1) is 5.22. The zero-order valence-electron chi connectivity index (χ0n) is 8.17. The Balaban J connectivity index is 0.000000461. The molecule has 1 atom stereocenters. The van der Waals surface area contributed by atoms with Crippen molar-refractivity contribution in [2.24, 2.45) is 0 Å². The fourth-order valence-electron chi connectivity index (χ4n) is 1.37. The molecule has 0 aromatic heterocycles. The van der Waals surface area contributed by atoms with Crippen LogP contribution in [0.5, 0.6) is 0 Å². The first-order valence-electron chi connectivity index (χ1n) is 4.65. The average Bonchev–Trinajstić information content (AvgIpc) is 2.39. The predicted octanol–water partition coefficient (Wildman–Crippen LogP) is 1.84. The van der Waals surface area contributed by atoms with Crippen molar-refractivity contribution in [3.05, 3.63) is 0 Å². The van der Waals surface area contributed by atoms with Gasteiger partial charge in [0.1, 0.15) is 6.23 Å². The van der Waals surface area contributed by atoms with Gasteiger partial charge in [-0.25, -0.2) is 0 Å². The Hall–Kier alpha value is -0.0800. The van der Waals surface area contributed by atoms with E-state index in [-0.39, 0.29) is 6.23 Å². The lowest BCUT2D eigenvalue weighted by Gasteiger charge is -2.23. The molecule has 1 rings (SSSR count). The highest BCUT2D eigenvalue weighted by molar-refractivity contribution is 4.72. The first kappa shape index (κ1) is 10.9. The smallest absolute Gasteiger partial charge is 0.107 e. The second kappa shape index (κ2) is 5.56. The third kappa shape index (κ3) is 3.21. The van der Waals surface area contributed by atoms with E-state index in [4.69, 9.17) is 0 Å². The van der Waals surface area contributed by atoms with Crippen molar-refractivity contribution in [3.8, 4) is 0 Å². The Morgan fingerprint density at radius 1 is 1.36 bits per heavy atom. The zero-order valence-corrected chi connectivity index (χ0v) is 8.17. The summed E-state index contributed by atoms with van der Waals surface area (Å²) < 4.78 is 0. The van der Waals surface area contributed by atoms with Crippen molar-refractivity contribution >= 4 is 0 Å². The SMILES string of the molecule is CC.CC(C)N1CCCC1O. The lowest BCUT2D eigenvalue weighted by Crippen LogP contribution is -2.34. The van der Waals surface area contributed by atoms with Gasteiger partial charge in [-0.1, -0.05) is 13.8 Å². The van der Waals surface area contributed by atoms with Crippen molar-refractivity contribution in [1.29, 1.82) is 0 Å². The van der Waals surface area contributed by atoms with Crippen LogP contribution in [0.4, 0.5) is 0 Å². The standard InChI is InChI=1S/C7H15NO.C2H6/c1-6(2)8-5-3-4-7(8)9;1-2/h6-7,9H,3-5H2,1-2H3;1-2H3. The maximum Gasteiger partial charge on any atom is 0.107 e. The van der Waals surface area contributed by atoms with E-state index in [0.717, 1.165) is 19.4 Å². The second-order valence-electron chi connectivity index (χ2n) is 2.95. The number of aliphatic hydroxyl groups is 1. The van der Waals surface area contributed by atoms with Crippen LogP contribution in [0.1, 0.15) is 40.5 Å². The monoisotopic (exact) mass is 159 g/mol. The number of likely N-dealkylation sites (tertiary alicyclic amines) is 1. The van der Waals surface area contributed by atoms with Crippen LogP contribution in [0.2, 0.25) is 0 Å². The van der Waals surface area contributed by atoms with Crippen LogP contribution in [0.3, 0.4) is 0 Å². The molecule has 0 radical (unpaired) electrons. The molecule has 0 aromatic rings. The normalized spacial score (nSPS) is 25.1. The van der Waals surface area contributed by atoms with Gasteiger partial charge in [-0.15, -0.1) is 0 Å². The van der Waals surface area contributed by atoms with Crippen molar-refractivity contribution in [2.75, 3.05) is 6.54 Å². The molecular weight excluding hydrogens is 138 g/mol. The summed E-state index contributed by atoms with van der Waals surface area (Å²) in [6.45, 7) is 9.31. The molecule has 1 heterocycles. The van der Waals surface area contributed by atoms with Crippen molar-refractivity contribution in [2.45, 2.75) is 52.8 Å². The quantitative estimate of drug-likeness (QED) is 0.631. The summed E-state index contributed by atoms with van der Waals surface area (Å²) in [5, 5.41) is 9.29. The van der Waals surface area contributed by atoms with Gasteiger partial charge < -0.3 is 5.11 Å². The molecule has 2 nitrogen and oxygen atoms in total. The molecule has 1 aliphatic rings. The molecule has 1 aliphatic heterocycles. The van der Waals surface area contributed by atoms with Crippen molar-refractivity contribution in [3.63, 3.8) is 0 Å². The zero-order chi connectivity index (χ0) is 8.85. The number of hydrogen-bond donors (Lipinski definition) is 1. The van der Waals surface area contributed by atoms with E-state index in [0.29, 0.717) is 6.04 Å². The molecule has 11 heavy (non-hydrogen) atoms. The van der Waals surface area contributed by atoms with Crippen LogP contribution in [-0.4, -0.2) is 28.8 Å². The van der Waals surface area contributed by atoms with Crippen molar-refractivity contribution in [1.82, 2.24) is 4.90 Å². The highest BCUT2D eigenvalue weighted by Crippen LogP contribution is 2.16. The van der Waals surface area contributed by atoms with Gasteiger partial charge >= 0.3 is 0 Å². The van der Waals surface area contributed by atoms with E-state index < -0.39 is 0 Å². The molecule has 0 spiro atoms. The molecule has 2 heteroatoms. The Morgan fingerprint density at radius 3 is 2.09 bits per heavy atom. The minimum absolute atomic E-state index is 0.162. The Kier molecular flexibility index (Phi) is 5.51. The maximum atomic E-state index is 9.29. The third-order valence-corrected chi connectivity index (χ3v) is 1.92. The largest absolute Gasteiger partial charge is 0.378 e. The minimum atomic E-state index is -0.162. The first-order valence-corrected chi connectivity index (χ1v) is 4.65. The number of aliphatic hydroxyl groups excluding tert-OH is 1. The van der Waals surface area contributed by atoms with Gasteiger partial charge in [-0.05, 0) is 26.7 Å². The van der Waals surface area contributed by atoms with Gasteiger partial charge in [0.15, 0.2) is 0 Å². The molecule has 1 unspecified atom stereocenters. The molecule has 1 saturated heterocycles. The summed E-state index contributed by atoms with van der Waals surface area (Å²) in [5.41, 5.74) is 0. The molecule has 0 aromatic carbocycles. The minimum Gasteiger partial charge on any atom is -0.378 e. The summed E-state index contributed by atoms with van der Waals surface area (Å²) in [5.74, 6) is 0. The van der Waals surface area contributed by atoms with E-state index in [1.165, 1.54) is 0 Å². The summed E-state index contributed by atoms with van der Waals surface area (Å²) in [6, 6.07) is 0.502. The number of rotatable bonds is 1. The van der Waals surface area contributed by atoms with Crippen molar-refractivity contribution < 1.29 is 5.11 Å². The fraction of sp³-hybridized carbons (Fsp3) is 1.00. The summed E-state index contributed by atoms with van der Waals surface area (Å²) in [4.78, 5) is 2.12. The van der Waals surface area contributed by atoms with Gasteiger partial charge in [-0.2, -0.15) is 0 Å². The Morgan fingerprint density at radius 2 is 1.91 bits per heavy atom. The molecule has 0 amide bonds. The Bertz CT molecular complexity index is 93.6. The summed E-state index contributed by atoms with van der Waals surface area (Å²) in [7, 11) is 0. The number of hydrogen-bond acceptors (Lipinski definition) is 2. The van der Waals surface area contributed by atoms with E-state index >= 15 is 0 Å². The van der Waals surface area contributed by atoms with Crippen LogP contribution in [0.25, 0.3) is 0 Å². The van der Waals surface area contributed by atoms with Crippen LogP contribution in [-0.2, 0) is 0 Å². The topological polar surface area (TPSA) is 23.5 Å². The summed E-state index contributed by atoms with van der Waals surface area (Å²) in [6.07, 6.45) is 1.95. The van der Waals surface area contributed by atoms with E-state index in [1.54, 1.807) is 0 Å². The molecular formula is C9H21NO. The van der Waals surface area contributed by atoms with E-state index in [1.807, 2.05) is 13.8 Å². The maximum absolute atomic E-state index is 9.29. The van der Waals surface area contributed by atoms with Crippen LogP contribution in [0, 0.1) is 0 Å². The van der Waals surface area contributed by atoms with E-state index in [9.17, 15) is 5.11 Å². The fourth-order valence-corrected chi connectivity index (χ4v) is 1.37. The molecule has 1 N–H and O–H groups in total. The lowest BCUT2D eigenvalue weighted by atomic mass is 10.3. The van der Waals surface area contributed by atoms with Crippen LogP contribution >= 0.6 is 0 Å². The molecule has 1 fully saturated rings. The molecule has 68 valence electrons. The Labute approximate surface area is 70.2 Å². The highest BCUT2D eigenvalue weighted by atomic mass is 16.3. The van der Waals surface area contributed by atoms with Crippen LogP contribution in [0.15, 0.2) is 0 Å².